The van der Waals surface area contributed by atoms with Crippen LogP contribution < -0.4 is 10.5 Å². The number of nitrogens with zero attached hydrogens (tertiary/aromatic N) is 2. The van der Waals surface area contributed by atoms with Crippen LogP contribution in [0.4, 0.5) is 5.82 Å². The minimum Gasteiger partial charge on any atom is -0.497 e. The summed E-state index contributed by atoms with van der Waals surface area (Å²) >= 11 is 7.66. The van der Waals surface area contributed by atoms with Gasteiger partial charge in [-0.15, -0.1) is 0 Å². The fourth-order valence-corrected chi connectivity index (χ4v) is 3.04. The van der Waals surface area contributed by atoms with E-state index in [2.05, 4.69) is 27.6 Å². The van der Waals surface area contributed by atoms with Crippen LogP contribution in [0.2, 0.25) is 0 Å². The molecular formula is C16H14IN3OS. The van der Waals surface area contributed by atoms with Gasteiger partial charge in [0.1, 0.15) is 11.6 Å². The molecule has 2 N–H and O–H groups in total. The van der Waals surface area contributed by atoms with E-state index in [1.54, 1.807) is 7.11 Å². The second-order valence-corrected chi connectivity index (χ2v) is 6.49. The number of anilines is 1. The molecule has 2 aromatic carbocycles. The Labute approximate surface area is 147 Å². The van der Waals surface area contributed by atoms with Gasteiger partial charge < -0.3 is 10.5 Å². The first-order valence-electron chi connectivity index (χ1n) is 6.67. The lowest BCUT2D eigenvalue weighted by atomic mass is 10.2. The molecule has 4 nitrogen and oxygen atoms in total. The highest BCUT2D eigenvalue weighted by atomic mass is 127. The van der Waals surface area contributed by atoms with Gasteiger partial charge in [0, 0.05) is 8.96 Å². The molecule has 0 amide bonds. The van der Waals surface area contributed by atoms with E-state index in [9.17, 15) is 0 Å². The number of ether oxygens (including phenoxy) is 1. The van der Waals surface area contributed by atoms with Gasteiger partial charge in [-0.1, -0.05) is 12.1 Å². The number of nitrogen functional groups attached to an aromatic ring is 1. The van der Waals surface area contributed by atoms with Crippen LogP contribution >= 0.6 is 34.8 Å². The molecule has 3 rings (SSSR count). The first-order chi connectivity index (χ1) is 10.6. The Bertz CT molecular complexity index is 890. The maximum Gasteiger partial charge on any atom is 0.201 e. The zero-order valence-electron chi connectivity index (χ0n) is 11.9. The molecule has 22 heavy (non-hydrogen) atoms. The lowest BCUT2D eigenvalue weighted by Gasteiger charge is -2.13. The van der Waals surface area contributed by atoms with Gasteiger partial charge in [0.15, 0.2) is 0 Å². The van der Waals surface area contributed by atoms with Crippen molar-refractivity contribution in [3.8, 4) is 5.75 Å². The largest absolute Gasteiger partial charge is 0.497 e. The van der Waals surface area contributed by atoms with Crippen LogP contribution in [0.5, 0.6) is 5.75 Å². The summed E-state index contributed by atoms with van der Waals surface area (Å²) in [5, 5.41) is 0.925. The summed E-state index contributed by atoms with van der Waals surface area (Å²) in [4.78, 5) is 4.48. The summed E-state index contributed by atoms with van der Waals surface area (Å²) in [6.45, 7) is 0.586. The van der Waals surface area contributed by atoms with Crippen molar-refractivity contribution in [2.24, 2.45) is 0 Å². The molecule has 0 unspecified atom stereocenters. The number of hydrogen-bond donors (Lipinski definition) is 1. The van der Waals surface area contributed by atoms with Crippen LogP contribution in [-0.2, 0) is 6.54 Å². The Morgan fingerprint density at radius 2 is 1.95 bits per heavy atom. The Morgan fingerprint density at radius 3 is 2.64 bits per heavy atom. The van der Waals surface area contributed by atoms with E-state index in [1.165, 1.54) is 0 Å². The van der Waals surface area contributed by atoms with E-state index in [0.29, 0.717) is 17.1 Å². The SMILES string of the molecule is COc1ccc(Cn2c(N)c3cc(I)ccc3nc2=S)cc1. The molecule has 3 aromatic rings. The van der Waals surface area contributed by atoms with E-state index in [4.69, 9.17) is 22.7 Å². The zero-order chi connectivity index (χ0) is 15.7. The molecule has 112 valence electrons. The van der Waals surface area contributed by atoms with Crippen LogP contribution in [0, 0.1) is 8.34 Å². The molecule has 0 saturated carbocycles. The number of halogens is 1. The molecule has 1 aromatic heterocycles. The molecular weight excluding hydrogens is 409 g/mol. The van der Waals surface area contributed by atoms with Gasteiger partial charge in [-0.2, -0.15) is 0 Å². The van der Waals surface area contributed by atoms with Crippen molar-refractivity contribution in [1.29, 1.82) is 0 Å². The average molecular weight is 423 g/mol. The van der Waals surface area contributed by atoms with Gasteiger partial charge in [-0.05, 0) is 70.7 Å². The second-order valence-electron chi connectivity index (χ2n) is 4.88. The molecule has 0 fully saturated rings. The molecule has 0 spiro atoms. The van der Waals surface area contributed by atoms with Crippen LogP contribution in [-0.4, -0.2) is 16.7 Å². The highest BCUT2D eigenvalue weighted by Gasteiger charge is 2.08. The van der Waals surface area contributed by atoms with Crippen molar-refractivity contribution in [3.05, 3.63) is 56.4 Å². The first-order valence-corrected chi connectivity index (χ1v) is 8.15. The van der Waals surface area contributed by atoms with E-state index < -0.39 is 0 Å². The Balaban J connectivity index is 2.07. The Morgan fingerprint density at radius 1 is 1.23 bits per heavy atom. The molecule has 0 aliphatic rings. The van der Waals surface area contributed by atoms with Crippen LogP contribution in [0.25, 0.3) is 10.9 Å². The minimum atomic E-state index is 0.488. The standard InChI is InChI=1S/C16H14IN3OS/c1-21-12-5-2-10(3-6-12)9-20-15(18)13-8-11(17)4-7-14(13)19-16(20)22/h2-8H,9,18H2,1H3. The fraction of sp³-hybridized carbons (Fsp3) is 0.125. The number of fused-ring (bicyclic) bond motifs is 1. The highest BCUT2D eigenvalue weighted by molar-refractivity contribution is 14.1. The lowest BCUT2D eigenvalue weighted by Crippen LogP contribution is -2.10. The summed E-state index contributed by atoms with van der Waals surface area (Å²) in [7, 11) is 1.65. The molecule has 1 heterocycles. The van der Waals surface area contributed by atoms with E-state index >= 15 is 0 Å². The third-order valence-electron chi connectivity index (χ3n) is 3.47. The second kappa shape index (κ2) is 6.21. The summed E-state index contributed by atoms with van der Waals surface area (Å²) < 4.78 is 8.63. The molecule has 0 saturated heterocycles. The monoisotopic (exact) mass is 423 g/mol. The number of rotatable bonds is 3. The van der Waals surface area contributed by atoms with Gasteiger partial charge >= 0.3 is 0 Å². The van der Waals surface area contributed by atoms with Crippen molar-refractivity contribution < 1.29 is 4.74 Å². The summed E-state index contributed by atoms with van der Waals surface area (Å²) in [6, 6.07) is 13.8. The van der Waals surface area contributed by atoms with Gasteiger partial charge in [0.25, 0.3) is 0 Å². The molecule has 0 atom stereocenters. The third kappa shape index (κ3) is 2.93. The van der Waals surface area contributed by atoms with Crippen LogP contribution in [0.3, 0.4) is 0 Å². The number of benzene rings is 2. The van der Waals surface area contributed by atoms with Gasteiger partial charge in [-0.25, -0.2) is 4.98 Å². The molecule has 0 aliphatic heterocycles. The van der Waals surface area contributed by atoms with E-state index in [-0.39, 0.29) is 0 Å². The van der Waals surface area contributed by atoms with Gasteiger partial charge in [-0.3, -0.25) is 4.57 Å². The first kappa shape index (κ1) is 15.2. The fourth-order valence-electron chi connectivity index (χ4n) is 2.29. The topological polar surface area (TPSA) is 53.1 Å². The van der Waals surface area contributed by atoms with Crippen molar-refractivity contribution in [2.45, 2.75) is 6.54 Å². The molecule has 0 aliphatic carbocycles. The average Bonchev–Trinajstić information content (AvgIpc) is 2.53. The number of methoxy groups -OCH3 is 1. The van der Waals surface area contributed by atoms with E-state index in [1.807, 2.05) is 47.0 Å². The zero-order valence-corrected chi connectivity index (χ0v) is 14.9. The van der Waals surface area contributed by atoms with Gasteiger partial charge in [0.2, 0.25) is 4.77 Å². The lowest BCUT2D eigenvalue weighted by molar-refractivity contribution is 0.414. The number of hydrogen-bond acceptors (Lipinski definition) is 4. The Hall–Kier alpha value is -1.67. The summed E-state index contributed by atoms with van der Waals surface area (Å²) in [6.07, 6.45) is 0. The van der Waals surface area contributed by atoms with Crippen molar-refractivity contribution in [1.82, 2.24) is 9.55 Å². The van der Waals surface area contributed by atoms with Crippen LogP contribution in [0.15, 0.2) is 42.5 Å². The van der Waals surface area contributed by atoms with Crippen molar-refractivity contribution >= 4 is 51.5 Å². The predicted octanol–water partition coefficient (Wildman–Crippen LogP) is 4.01. The van der Waals surface area contributed by atoms with Gasteiger partial charge in [0.05, 0.1) is 19.2 Å². The number of nitrogens with two attached hydrogens (primary N) is 1. The van der Waals surface area contributed by atoms with Crippen molar-refractivity contribution in [2.75, 3.05) is 12.8 Å². The summed E-state index contributed by atoms with van der Waals surface area (Å²) in [5.41, 5.74) is 8.24. The minimum absolute atomic E-state index is 0.488. The third-order valence-corrected chi connectivity index (χ3v) is 4.45. The maximum atomic E-state index is 6.32. The highest BCUT2D eigenvalue weighted by Crippen LogP contribution is 2.23. The number of aromatic nitrogens is 2. The maximum absolute atomic E-state index is 6.32. The quantitative estimate of drug-likeness (QED) is 0.511. The summed E-state index contributed by atoms with van der Waals surface area (Å²) in [5.74, 6) is 1.47. The molecule has 0 radical (unpaired) electrons. The molecule has 0 bridgehead atoms. The Kier molecular flexibility index (Phi) is 4.30. The smallest absolute Gasteiger partial charge is 0.201 e. The van der Waals surface area contributed by atoms with E-state index in [0.717, 1.165) is 25.8 Å². The normalized spacial score (nSPS) is 10.8. The molecule has 6 heteroatoms. The van der Waals surface area contributed by atoms with Crippen molar-refractivity contribution in [3.63, 3.8) is 0 Å². The predicted molar refractivity (Wildman–Crippen MR) is 99.8 cm³/mol. The van der Waals surface area contributed by atoms with Crippen LogP contribution in [0.1, 0.15) is 5.56 Å².